The molecule has 4 aromatic rings. The number of carbonyl (C=O) groups is 1. The Kier molecular flexibility index (Phi) is 7.67. The number of carbonyl (C=O) groups excluding carboxylic acids is 1. The van der Waals surface area contributed by atoms with Gasteiger partial charge in [-0.15, -0.1) is 39.4 Å². The van der Waals surface area contributed by atoms with Crippen molar-refractivity contribution in [1.82, 2.24) is 19.7 Å². The Morgan fingerprint density at radius 2 is 2.06 bits per heavy atom. The van der Waals surface area contributed by atoms with Gasteiger partial charge < -0.3 is 5.32 Å². The van der Waals surface area contributed by atoms with Gasteiger partial charge in [0.1, 0.15) is 0 Å². The van der Waals surface area contributed by atoms with Gasteiger partial charge in [-0.25, -0.2) is 4.98 Å². The molecule has 0 aliphatic heterocycles. The van der Waals surface area contributed by atoms with Crippen molar-refractivity contribution < 1.29 is 4.79 Å². The van der Waals surface area contributed by atoms with Crippen LogP contribution in [0.4, 0.5) is 5.13 Å². The third kappa shape index (κ3) is 5.69. The number of fused-ring (bicyclic) bond motifs is 1. The standard InChI is InChI=1S/C25H24ClN5OS3/c1-2-11-31-23(20-14-33-21-6-4-3-5-19(20)21)29-30-25(31)34-15-22(32)28-24-27-13-18(35-24)12-16-7-9-17(26)10-8-16/h2,7-10,13-14H,1,3-6,11-12,15H2,(H,27,28,32). The Bertz CT molecular complexity index is 1340. The third-order valence-corrected chi connectivity index (χ3v) is 8.97. The van der Waals surface area contributed by atoms with Gasteiger partial charge in [-0.3, -0.25) is 9.36 Å². The number of thiophene rings is 1. The number of anilines is 1. The van der Waals surface area contributed by atoms with Gasteiger partial charge >= 0.3 is 0 Å². The van der Waals surface area contributed by atoms with Crippen molar-refractivity contribution in [3.8, 4) is 11.4 Å². The number of nitrogens with zero attached hydrogens (tertiary/aromatic N) is 4. The van der Waals surface area contributed by atoms with Gasteiger partial charge in [0.2, 0.25) is 5.91 Å². The number of hydrogen-bond acceptors (Lipinski definition) is 7. The normalized spacial score (nSPS) is 12.9. The highest BCUT2D eigenvalue weighted by Crippen LogP contribution is 2.37. The topological polar surface area (TPSA) is 72.7 Å². The van der Waals surface area contributed by atoms with Crippen molar-refractivity contribution in [3.05, 3.63) is 74.4 Å². The Labute approximate surface area is 221 Å². The zero-order valence-corrected chi connectivity index (χ0v) is 22.2. The molecule has 0 saturated carbocycles. The van der Waals surface area contributed by atoms with E-state index < -0.39 is 0 Å². The summed E-state index contributed by atoms with van der Waals surface area (Å²) >= 11 is 10.6. The van der Waals surface area contributed by atoms with Gasteiger partial charge in [0.15, 0.2) is 16.1 Å². The number of halogens is 1. The van der Waals surface area contributed by atoms with Crippen LogP contribution in [0, 0.1) is 0 Å². The van der Waals surface area contributed by atoms with E-state index in [4.69, 9.17) is 11.6 Å². The molecule has 180 valence electrons. The maximum Gasteiger partial charge on any atom is 0.236 e. The smallest absolute Gasteiger partial charge is 0.236 e. The minimum absolute atomic E-state index is 0.120. The fourth-order valence-electron chi connectivity index (χ4n) is 4.11. The molecule has 10 heteroatoms. The summed E-state index contributed by atoms with van der Waals surface area (Å²) in [6.45, 7) is 4.49. The van der Waals surface area contributed by atoms with Crippen LogP contribution in [0.15, 0.2) is 53.7 Å². The van der Waals surface area contributed by atoms with E-state index in [0.717, 1.165) is 35.5 Å². The van der Waals surface area contributed by atoms with Crippen molar-refractivity contribution in [2.75, 3.05) is 11.1 Å². The number of allylic oxidation sites excluding steroid dienone is 1. The summed E-state index contributed by atoms with van der Waals surface area (Å²) in [6, 6.07) is 7.75. The molecule has 3 aromatic heterocycles. The van der Waals surface area contributed by atoms with E-state index >= 15 is 0 Å². The summed E-state index contributed by atoms with van der Waals surface area (Å²) in [5.74, 6) is 0.965. The van der Waals surface area contributed by atoms with Gasteiger partial charge in [-0.1, -0.05) is 41.6 Å². The summed E-state index contributed by atoms with van der Waals surface area (Å²) in [7, 11) is 0. The van der Waals surface area contributed by atoms with Crippen LogP contribution >= 0.6 is 46.0 Å². The summed E-state index contributed by atoms with van der Waals surface area (Å²) < 4.78 is 2.05. The number of aryl methyl sites for hydroxylation is 1. The fraction of sp³-hybridized carbons (Fsp3) is 0.280. The average molecular weight is 542 g/mol. The molecule has 0 spiro atoms. The van der Waals surface area contributed by atoms with Crippen LogP contribution in [-0.2, 0) is 30.6 Å². The van der Waals surface area contributed by atoms with Crippen LogP contribution in [0.25, 0.3) is 11.4 Å². The van der Waals surface area contributed by atoms with E-state index in [2.05, 4.69) is 37.0 Å². The maximum absolute atomic E-state index is 12.6. The Morgan fingerprint density at radius 3 is 2.89 bits per heavy atom. The zero-order chi connectivity index (χ0) is 24.2. The van der Waals surface area contributed by atoms with Crippen LogP contribution in [0.5, 0.6) is 0 Å². The number of thioether (sulfide) groups is 1. The number of thiazole rings is 1. The molecule has 0 saturated heterocycles. The molecule has 3 heterocycles. The van der Waals surface area contributed by atoms with E-state index in [1.165, 1.54) is 51.9 Å². The Hall–Kier alpha value is -2.46. The van der Waals surface area contributed by atoms with Crippen LogP contribution < -0.4 is 5.32 Å². The van der Waals surface area contributed by atoms with Crippen molar-refractivity contribution in [3.63, 3.8) is 0 Å². The van der Waals surface area contributed by atoms with Gasteiger partial charge in [-0.2, -0.15) is 0 Å². The number of hydrogen-bond donors (Lipinski definition) is 1. The predicted octanol–water partition coefficient (Wildman–Crippen LogP) is 6.50. The number of nitrogens with one attached hydrogen (secondary N) is 1. The number of aromatic nitrogens is 4. The monoisotopic (exact) mass is 541 g/mol. The van der Waals surface area contributed by atoms with E-state index in [-0.39, 0.29) is 11.7 Å². The van der Waals surface area contributed by atoms with Crippen LogP contribution in [-0.4, -0.2) is 31.4 Å². The van der Waals surface area contributed by atoms with Crippen LogP contribution in [0.3, 0.4) is 0 Å². The summed E-state index contributed by atoms with van der Waals surface area (Å²) in [5.41, 5.74) is 3.73. The van der Waals surface area contributed by atoms with Gasteiger partial charge in [-0.05, 0) is 48.9 Å². The first-order valence-corrected chi connectivity index (χ1v) is 14.4. The molecule has 0 fully saturated rings. The Morgan fingerprint density at radius 1 is 1.23 bits per heavy atom. The highest BCUT2D eigenvalue weighted by Gasteiger charge is 2.22. The van der Waals surface area contributed by atoms with E-state index in [0.29, 0.717) is 21.9 Å². The third-order valence-electron chi connectivity index (χ3n) is 5.75. The molecule has 1 amide bonds. The second-order valence-corrected chi connectivity index (χ2v) is 11.7. The van der Waals surface area contributed by atoms with Crippen molar-refractivity contribution in [2.24, 2.45) is 0 Å². The molecular formula is C25H24ClN5OS3. The van der Waals surface area contributed by atoms with E-state index in [9.17, 15) is 4.79 Å². The molecule has 0 radical (unpaired) electrons. The largest absolute Gasteiger partial charge is 0.301 e. The lowest BCUT2D eigenvalue weighted by atomic mass is 9.95. The molecule has 1 aliphatic rings. The lowest BCUT2D eigenvalue weighted by Crippen LogP contribution is -2.14. The molecule has 0 atom stereocenters. The van der Waals surface area contributed by atoms with Gasteiger partial charge in [0.05, 0.1) is 5.75 Å². The Balaban J connectivity index is 1.22. The molecule has 6 nitrogen and oxygen atoms in total. The number of amides is 1. The molecule has 0 bridgehead atoms. The van der Waals surface area contributed by atoms with Crippen LogP contribution in [0.2, 0.25) is 5.02 Å². The summed E-state index contributed by atoms with van der Waals surface area (Å²) in [6.07, 6.45) is 9.10. The molecule has 5 rings (SSSR count). The highest BCUT2D eigenvalue weighted by molar-refractivity contribution is 7.99. The molecule has 1 aliphatic carbocycles. The summed E-state index contributed by atoms with van der Waals surface area (Å²) in [4.78, 5) is 19.5. The van der Waals surface area contributed by atoms with Crippen molar-refractivity contribution >= 4 is 57.1 Å². The van der Waals surface area contributed by atoms with E-state index in [1.54, 1.807) is 6.20 Å². The summed E-state index contributed by atoms with van der Waals surface area (Å²) in [5, 5.41) is 16.0. The highest BCUT2D eigenvalue weighted by atomic mass is 35.5. The quantitative estimate of drug-likeness (QED) is 0.193. The first kappa shape index (κ1) is 24.2. The zero-order valence-electron chi connectivity index (χ0n) is 19.0. The first-order valence-electron chi connectivity index (χ1n) is 11.4. The number of rotatable bonds is 9. The second kappa shape index (κ2) is 11.1. The van der Waals surface area contributed by atoms with Crippen molar-refractivity contribution in [1.29, 1.82) is 0 Å². The number of benzene rings is 1. The minimum atomic E-state index is -0.120. The first-order chi connectivity index (χ1) is 17.1. The second-order valence-electron chi connectivity index (χ2n) is 8.24. The van der Waals surface area contributed by atoms with Gasteiger partial charge in [0, 0.05) is 44.9 Å². The van der Waals surface area contributed by atoms with Crippen molar-refractivity contribution in [2.45, 2.75) is 43.8 Å². The fourth-order valence-corrected chi connectivity index (χ4v) is 6.97. The SMILES string of the molecule is C=CCn1c(SCC(=O)Nc2ncc(Cc3ccc(Cl)cc3)s2)nnc1-c1csc2c1CCCC2. The molecule has 0 unspecified atom stereocenters. The molecule has 35 heavy (non-hydrogen) atoms. The average Bonchev–Trinajstić information content (AvgIpc) is 3.58. The lowest BCUT2D eigenvalue weighted by molar-refractivity contribution is -0.113. The minimum Gasteiger partial charge on any atom is -0.301 e. The van der Waals surface area contributed by atoms with E-state index in [1.807, 2.05) is 41.7 Å². The molecular weight excluding hydrogens is 518 g/mol. The molecule has 1 N–H and O–H groups in total. The maximum atomic E-state index is 12.6. The van der Waals surface area contributed by atoms with Crippen LogP contribution in [0.1, 0.15) is 33.7 Å². The predicted molar refractivity (Wildman–Crippen MR) is 146 cm³/mol. The van der Waals surface area contributed by atoms with Gasteiger partial charge in [0.25, 0.3) is 0 Å². The molecule has 1 aromatic carbocycles. The lowest BCUT2D eigenvalue weighted by Gasteiger charge is -2.13.